The van der Waals surface area contributed by atoms with Gasteiger partial charge in [0, 0.05) is 11.3 Å². The molecule has 0 aliphatic heterocycles. The summed E-state index contributed by atoms with van der Waals surface area (Å²) in [5, 5.41) is 8.55. The highest BCUT2D eigenvalue weighted by atomic mass is 32.2. The second kappa shape index (κ2) is 5.69. The first-order valence-corrected chi connectivity index (χ1v) is 5.54. The molecule has 0 aromatic heterocycles. The van der Waals surface area contributed by atoms with Crippen molar-refractivity contribution in [3.8, 4) is 11.8 Å². The molecule has 74 valence electrons. The lowest BCUT2D eigenvalue weighted by Crippen LogP contribution is -1.89. The molecule has 0 aliphatic rings. The molecule has 0 bridgehead atoms. The van der Waals surface area contributed by atoms with Crippen LogP contribution in [0.3, 0.4) is 0 Å². The van der Waals surface area contributed by atoms with Gasteiger partial charge < -0.3 is 5.11 Å². The highest BCUT2D eigenvalue weighted by Gasteiger charge is 2.00. The Hall–Kier alpha value is -0.980. The van der Waals surface area contributed by atoms with Gasteiger partial charge in [-0.1, -0.05) is 17.9 Å². The lowest BCUT2D eigenvalue weighted by molar-refractivity contribution is 0.350. The predicted molar refractivity (Wildman–Crippen MR) is 57.6 cm³/mol. The van der Waals surface area contributed by atoms with Gasteiger partial charge in [0.25, 0.3) is 0 Å². The van der Waals surface area contributed by atoms with Crippen molar-refractivity contribution < 1.29 is 9.50 Å². The van der Waals surface area contributed by atoms with Crippen LogP contribution < -0.4 is 0 Å². The van der Waals surface area contributed by atoms with E-state index in [4.69, 9.17) is 5.11 Å². The molecule has 1 nitrogen and oxygen atoms in total. The van der Waals surface area contributed by atoms with E-state index < -0.39 is 0 Å². The highest BCUT2D eigenvalue weighted by Crippen LogP contribution is 2.15. The van der Waals surface area contributed by atoms with Crippen LogP contribution >= 0.6 is 11.8 Å². The van der Waals surface area contributed by atoms with Crippen LogP contribution in [0.15, 0.2) is 18.2 Å². The zero-order chi connectivity index (χ0) is 10.4. The molecule has 0 amide bonds. The standard InChI is InChI=1S/C11H11FOS/c1-14-8-10-4-5-11(12)7-9(10)3-2-6-13/h4-5,7,13H,6,8H2,1H3. The zero-order valence-electron chi connectivity index (χ0n) is 7.88. The van der Waals surface area contributed by atoms with Crippen LogP contribution in [0.1, 0.15) is 11.1 Å². The third-order valence-corrected chi connectivity index (χ3v) is 2.27. The summed E-state index contributed by atoms with van der Waals surface area (Å²) in [5.74, 6) is 5.76. The van der Waals surface area contributed by atoms with Gasteiger partial charge in [0.2, 0.25) is 0 Å². The largest absolute Gasteiger partial charge is 0.384 e. The topological polar surface area (TPSA) is 20.2 Å². The summed E-state index contributed by atoms with van der Waals surface area (Å²) in [4.78, 5) is 0. The normalized spacial score (nSPS) is 9.36. The molecule has 0 unspecified atom stereocenters. The van der Waals surface area contributed by atoms with Gasteiger partial charge in [-0.3, -0.25) is 0 Å². The molecule has 0 saturated heterocycles. The predicted octanol–water partition coefficient (Wildman–Crippen LogP) is 2.03. The summed E-state index contributed by atoms with van der Waals surface area (Å²) in [6, 6.07) is 4.55. The van der Waals surface area contributed by atoms with Crippen molar-refractivity contribution in [3.63, 3.8) is 0 Å². The van der Waals surface area contributed by atoms with E-state index >= 15 is 0 Å². The van der Waals surface area contributed by atoms with E-state index in [0.29, 0.717) is 5.56 Å². The average molecular weight is 210 g/mol. The van der Waals surface area contributed by atoms with E-state index in [0.717, 1.165) is 11.3 Å². The minimum atomic E-state index is -0.294. The van der Waals surface area contributed by atoms with Gasteiger partial charge in [0.05, 0.1) is 0 Å². The maximum Gasteiger partial charge on any atom is 0.124 e. The lowest BCUT2D eigenvalue weighted by Gasteiger charge is -2.02. The summed E-state index contributed by atoms with van der Waals surface area (Å²) in [7, 11) is 0. The third-order valence-electron chi connectivity index (χ3n) is 1.67. The zero-order valence-corrected chi connectivity index (χ0v) is 8.70. The van der Waals surface area contributed by atoms with Crippen LogP contribution in [0.5, 0.6) is 0 Å². The maximum atomic E-state index is 12.9. The van der Waals surface area contributed by atoms with Crippen molar-refractivity contribution in [2.75, 3.05) is 12.9 Å². The number of rotatable bonds is 2. The summed E-state index contributed by atoms with van der Waals surface area (Å²) in [5.41, 5.74) is 1.66. The van der Waals surface area contributed by atoms with Gasteiger partial charge in [-0.2, -0.15) is 11.8 Å². The fraction of sp³-hybridized carbons (Fsp3) is 0.273. The van der Waals surface area contributed by atoms with Crippen LogP contribution in [0.25, 0.3) is 0 Å². The molecule has 14 heavy (non-hydrogen) atoms. The average Bonchev–Trinajstić information content (AvgIpc) is 2.18. The van der Waals surface area contributed by atoms with Gasteiger partial charge in [-0.25, -0.2) is 4.39 Å². The fourth-order valence-corrected chi connectivity index (χ4v) is 1.64. The summed E-state index contributed by atoms with van der Waals surface area (Å²) in [6.45, 7) is -0.199. The molecule has 0 heterocycles. The van der Waals surface area contributed by atoms with Crippen molar-refractivity contribution in [2.24, 2.45) is 0 Å². The molecule has 0 spiro atoms. The summed E-state index contributed by atoms with van der Waals surface area (Å²) >= 11 is 1.66. The minimum Gasteiger partial charge on any atom is -0.384 e. The molecular weight excluding hydrogens is 199 g/mol. The fourth-order valence-electron chi connectivity index (χ4n) is 1.08. The van der Waals surface area contributed by atoms with E-state index in [1.807, 2.05) is 6.26 Å². The van der Waals surface area contributed by atoms with Gasteiger partial charge in [-0.15, -0.1) is 0 Å². The van der Waals surface area contributed by atoms with Crippen molar-refractivity contribution in [3.05, 3.63) is 35.1 Å². The minimum absolute atomic E-state index is 0.199. The monoisotopic (exact) mass is 210 g/mol. The number of aliphatic hydroxyl groups is 1. The molecule has 0 aliphatic carbocycles. The van der Waals surface area contributed by atoms with Crippen LogP contribution in [-0.2, 0) is 5.75 Å². The lowest BCUT2D eigenvalue weighted by atomic mass is 10.1. The molecule has 1 rings (SSSR count). The Kier molecular flexibility index (Phi) is 4.51. The van der Waals surface area contributed by atoms with Gasteiger partial charge >= 0.3 is 0 Å². The van der Waals surface area contributed by atoms with Crippen molar-refractivity contribution in [1.29, 1.82) is 0 Å². The molecule has 0 atom stereocenters. The Balaban J connectivity index is 3.02. The van der Waals surface area contributed by atoms with Crippen molar-refractivity contribution in [1.82, 2.24) is 0 Å². The first kappa shape index (κ1) is 11.1. The Labute approximate surface area is 87.3 Å². The maximum absolute atomic E-state index is 12.9. The molecule has 3 heteroatoms. The van der Waals surface area contributed by atoms with Crippen LogP contribution in [0.4, 0.5) is 4.39 Å². The third kappa shape index (κ3) is 3.06. The number of hydrogen-bond donors (Lipinski definition) is 1. The van der Waals surface area contributed by atoms with Crippen molar-refractivity contribution in [2.45, 2.75) is 5.75 Å². The van der Waals surface area contributed by atoms with Crippen LogP contribution in [-0.4, -0.2) is 18.0 Å². The molecular formula is C11H11FOS. The number of thioether (sulfide) groups is 1. The highest BCUT2D eigenvalue weighted by molar-refractivity contribution is 7.97. The Morgan fingerprint density at radius 1 is 1.50 bits per heavy atom. The molecule has 0 radical (unpaired) electrons. The molecule has 1 aromatic rings. The van der Waals surface area contributed by atoms with E-state index in [1.165, 1.54) is 12.1 Å². The first-order chi connectivity index (χ1) is 6.77. The summed E-state index contributed by atoms with van der Waals surface area (Å²) in [6.07, 6.45) is 1.98. The van der Waals surface area contributed by atoms with Crippen LogP contribution in [0.2, 0.25) is 0 Å². The smallest absolute Gasteiger partial charge is 0.124 e. The first-order valence-electron chi connectivity index (χ1n) is 4.15. The van der Waals surface area contributed by atoms with Gasteiger partial charge in [0.1, 0.15) is 12.4 Å². The number of hydrogen-bond acceptors (Lipinski definition) is 2. The van der Waals surface area contributed by atoms with Crippen LogP contribution in [0, 0.1) is 17.7 Å². The van der Waals surface area contributed by atoms with Gasteiger partial charge in [-0.05, 0) is 24.0 Å². The van der Waals surface area contributed by atoms with Crippen molar-refractivity contribution >= 4 is 11.8 Å². The van der Waals surface area contributed by atoms with E-state index in [-0.39, 0.29) is 12.4 Å². The quantitative estimate of drug-likeness (QED) is 0.754. The number of halogens is 1. The SMILES string of the molecule is CSCc1ccc(F)cc1C#CCO. The molecule has 0 saturated carbocycles. The van der Waals surface area contributed by atoms with E-state index in [2.05, 4.69) is 11.8 Å². The second-order valence-electron chi connectivity index (χ2n) is 2.69. The summed E-state index contributed by atoms with van der Waals surface area (Å²) < 4.78 is 12.9. The Bertz CT molecular complexity index is 365. The number of aliphatic hydroxyl groups excluding tert-OH is 1. The Morgan fingerprint density at radius 3 is 2.93 bits per heavy atom. The van der Waals surface area contributed by atoms with E-state index in [9.17, 15) is 4.39 Å². The number of benzene rings is 1. The Morgan fingerprint density at radius 2 is 2.29 bits per heavy atom. The molecule has 1 N–H and O–H groups in total. The molecule has 0 fully saturated rings. The second-order valence-corrected chi connectivity index (χ2v) is 3.56. The van der Waals surface area contributed by atoms with Gasteiger partial charge in [0.15, 0.2) is 0 Å². The van der Waals surface area contributed by atoms with E-state index in [1.54, 1.807) is 17.8 Å². The molecule has 1 aromatic carbocycles.